The molecule has 14 heavy (non-hydrogen) atoms. The standard InChI is InChI=1S/C13H18S/c1-4-7-11(6-3)13-10-9-12(14-13)8-5-2/h1,9-11H,5-8H2,2-3H3. The lowest BCUT2D eigenvalue weighted by molar-refractivity contribution is 0.698. The van der Waals surface area contributed by atoms with Gasteiger partial charge in [0.25, 0.3) is 0 Å². The Morgan fingerprint density at radius 2 is 2.21 bits per heavy atom. The first-order valence-electron chi connectivity index (χ1n) is 5.33. The summed E-state index contributed by atoms with van der Waals surface area (Å²) >= 11 is 1.93. The zero-order valence-electron chi connectivity index (χ0n) is 9.05. The van der Waals surface area contributed by atoms with Gasteiger partial charge >= 0.3 is 0 Å². The Bertz CT molecular complexity index is 303. The van der Waals surface area contributed by atoms with Gasteiger partial charge in [0, 0.05) is 22.1 Å². The Labute approximate surface area is 91.4 Å². The van der Waals surface area contributed by atoms with Gasteiger partial charge in [0.15, 0.2) is 0 Å². The molecule has 1 rings (SSSR count). The highest BCUT2D eigenvalue weighted by atomic mass is 32.1. The lowest BCUT2D eigenvalue weighted by atomic mass is 10.0. The monoisotopic (exact) mass is 206 g/mol. The highest BCUT2D eigenvalue weighted by Gasteiger charge is 2.10. The average Bonchev–Trinajstić information content (AvgIpc) is 2.63. The van der Waals surface area contributed by atoms with Crippen LogP contribution in [0, 0.1) is 12.3 Å². The summed E-state index contributed by atoms with van der Waals surface area (Å²) in [5, 5.41) is 0. The van der Waals surface area contributed by atoms with E-state index in [2.05, 4.69) is 31.9 Å². The van der Waals surface area contributed by atoms with Crippen molar-refractivity contribution in [2.75, 3.05) is 0 Å². The second-order valence-corrected chi connectivity index (χ2v) is 4.77. The second kappa shape index (κ2) is 5.88. The molecule has 0 N–H and O–H groups in total. The zero-order chi connectivity index (χ0) is 10.4. The normalized spacial score (nSPS) is 12.4. The van der Waals surface area contributed by atoms with E-state index in [0.717, 1.165) is 12.8 Å². The summed E-state index contributed by atoms with van der Waals surface area (Å²) in [5.41, 5.74) is 0. The third kappa shape index (κ3) is 2.89. The van der Waals surface area contributed by atoms with Gasteiger partial charge < -0.3 is 0 Å². The van der Waals surface area contributed by atoms with Crippen LogP contribution in [-0.4, -0.2) is 0 Å². The molecular formula is C13H18S. The molecule has 0 saturated carbocycles. The van der Waals surface area contributed by atoms with Crippen molar-refractivity contribution in [3.8, 4) is 12.3 Å². The van der Waals surface area contributed by atoms with Crippen molar-refractivity contribution in [2.45, 2.75) is 45.4 Å². The van der Waals surface area contributed by atoms with Crippen LogP contribution in [-0.2, 0) is 6.42 Å². The molecule has 1 aromatic heterocycles. The molecule has 76 valence electrons. The minimum atomic E-state index is 0.579. The molecule has 0 fully saturated rings. The topological polar surface area (TPSA) is 0 Å². The Morgan fingerprint density at radius 1 is 1.43 bits per heavy atom. The molecule has 1 aromatic rings. The van der Waals surface area contributed by atoms with Crippen LogP contribution >= 0.6 is 11.3 Å². The SMILES string of the molecule is C#CCC(CC)c1ccc(CCC)s1. The van der Waals surface area contributed by atoms with E-state index in [-0.39, 0.29) is 0 Å². The smallest absolute Gasteiger partial charge is 0.0163 e. The van der Waals surface area contributed by atoms with Crippen molar-refractivity contribution in [1.82, 2.24) is 0 Å². The van der Waals surface area contributed by atoms with Crippen LogP contribution in [0.2, 0.25) is 0 Å². The highest BCUT2D eigenvalue weighted by Crippen LogP contribution is 2.30. The Hall–Kier alpha value is -0.740. The van der Waals surface area contributed by atoms with Crippen molar-refractivity contribution < 1.29 is 0 Å². The number of terminal acetylenes is 1. The largest absolute Gasteiger partial charge is 0.145 e. The van der Waals surface area contributed by atoms with Gasteiger partial charge in [0.05, 0.1) is 0 Å². The third-order valence-corrected chi connectivity index (χ3v) is 3.75. The predicted molar refractivity (Wildman–Crippen MR) is 64.8 cm³/mol. The highest BCUT2D eigenvalue weighted by molar-refractivity contribution is 7.12. The molecule has 0 aliphatic heterocycles. The number of thiophene rings is 1. The molecule has 1 heterocycles. The molecule has 0 aliphatic carbocycles. The third-order valence-electron chi connectivity index (χ3n) is 2.44. The van der Waals surface area contributed by atoms with E-state index in [4.69, 9.17) is 6.42 Å². The second-order valence-electron chi connectivity index (χ2n) is 3.57. The molecule has 0 radical (unpaired) electrons. The van der Waals surface area contributed by atoms with Gasteiger partial charge in [-0.15, -0.1) is 23.7 Å². The quantitative estimate of drug-likeness (QED) is 0.633. The predicted octanol–water partition coefficient (Wildman–Crippen LogP) is 4.22. The molecule has 1 heteroatoms. The van der Waals surface area contributed by atoms with Gasteiger partial charge in [-0.05, 0) is 25.0 Å². The summed E-state index contributed by atoms with van der Waals surface area (Å²) in [6.07, 6.45) is 9.82. The van der Waals surface area contributed by atoms with Crippen LogP contribution in [0.3, 0.4) is 0 Å². The van der Waals surface area contributed by atoms with E-state index in [1.54, 1.807) is 0 Å². The molecular weight excluding hydrogens is 188 g/mol. The van der Waals surface area contributed by atoms with Gasteiger partial charge in [0.1, 0.15) is 0 Å². The van der Waals surface area contributed by atoms with Crippen LogP contribution in [0.5, 0.6) is 0 Å². The molecule has 0 saturated heterocycles. The first-order chi connectivity index (χ1) is 6.81. The number of hydrogen-bond donors (Lipinski definition) is 0. The summed E-state index contributed by atoms with van der Waals surface area (Å²) in [5.74, 6) is 3.34. The summed E-state index contributed by atoms with van der Waals surface area (Å²) < 4.78 is 0. The van der Waals surface area contributed by atoms with Gasteiger partial charge in [-0.2, -0.15) is 0 Å². The lowest BCUT2D eigenvalue weighted by Gasteiger charge is -2.07. The van der Waals surface area contributed by atoms with Crippen molar-refractivity contribution in [3.05, 3.63) is 21.9 Å². The first kappa shape index (κ1) is 11.3. The summed E-state index contributed by atoms with van der Waals surface area (Å²) in [4.78, 5) is 2.96. The fourth-order valence-electron chi connectivity index (χ4n) is 1.58. The van der Waals surface area contributed by atoms with Gasteiger partial charge in [-0.1, -0.05) is 20.3 Å². The van der Waals surface area contributed by atoms with Crippen LogP contribution in [0.15, 0.2) is 12.1 Å². The van der Waals surface area contributed by atoms with Gasteiger partial charge in [-0.25, -0.2) is 0 Å². The van der Waals surface area contributed by atoms with Crippen LogP contribution < -0.4 is 0 Å². The van der Waals surface area contributed by atoms with E-state index in [0.29, 0.717) is 5.92 Å². The number of hydrogen-bond acceptors (Lipinski definition) is 1. The Balaban J connectivity index is 2.69. The molecule has 0 nitrogen and oxygen atoms in total. The fourth-order valence-corrected chi connectivity index (χ4v) is 2.88. The minimum Gasteiger partial charge on any atom is -0.145 e. The van der Waals surface area contributed by atoms with E-state index < -0.39 is 0 Å². The number of rotatable bonds is 5. The van der Waals surface area contributed by atoms with Crippen LogP contribution in [0.1, 0.15) is 48.8 Å². The van der Waals surface area contributed by atoms with Gasteiger partial charge in [-0.3, -0.25) is 0 Å². The first-order valence-corrected chi connectivity index (χ1v) is 6.15. The van der Waals surface area contributed by atoms with E-state index in [1.165, 1.54) is 22.6 Å². The van der Waals surface area contributed by atoms with Crippen molar-refractivity contribution >= 4 is 11.3 Å². The zero-order valence-corrected chi connectivity index (χ0v) is 9.86. The van der Waals surface area contributed by atoms with Crippen LogP contribution in [0.25, 0.3) is 0 Å². The maximum absolute atomic E-state index is 5.36. The van der Waals surface area contributed by atoms with E-state index in [1.807, 2.05) is 11.3 Å². The Kier molecular flexibility index (Phi) is 4.76. The fraction of sp³-hybridized carbons (Fsp3) is 0.538. The minimum absolute atomic E-state index is 0.579. The molecule has 0 amide bonds. The number of aryl methyl sites for hydroxylation is 1. The Morgan fingerprint density at radius 3 is 2.79 bits per heavy atom. The molecule has 0 bridgehead atoms. The molecule has 0 aliphatic rings. The summed E-state index contributed by atoms with van der Waals surface area (Å²) in [6.45, 7) is 4.43. The summed E-state index contributed by atoms with van der Waals surface area (Å²) in [6, 6.07) is 4.50. The van der Waals surface area contributed by atoms with Crippen molar-refractivity contribution in [3.63, 3.8) is 0 Å². The maximum Gasteiger partial charge on any atom is 0.0163 e. The molecule has 1 unspecified atom stereocenters. The molecule has 0 spiro atoms. The van der Waals surface area contributed by atoms with E-state index >= 15 is 0 Å². The van der Waals surface area contributed by atoms with Gasteiger partial charge in [0.2, 0.25) is 0 Å². The maximum atomic E-state index is 5.36. The summed E-state index contributed by atoms with van der Waals surface area (Å²) in [7, 11) is 0. The molecule has 1 atom stereocenters. The van der Waals surface area contributed by atoms with Crippen molar-refractivity contribution in [1.29, 1.82) is 0 Å². The average molecular weight is 206 g/mol. The molecule has 0 aromatic carbocycles. The lowest BCUT2D eigenvalue weighted by Crippen LogP contribution is -1.91. The van der Waals surface area contributed by atoms with Crippen LogP contribution in [0.4, 0.5) is 0 Å². The van der Waals surface area contributed by atoms with Crippen molar-refractivity contribution in [2.24, 2.45) is 0 Å². The van der Waals surface area contributed by atoms with E-state index in [9.17, 15) is 0 Å².